The predicted octanol–water partition coefficient (Wildman–Crippen LogP) is 3.22. The number of fused-ring (bicyclic) bond motifs is 1. The van der Waals surface area contributed by atoms with Gasteiger partial charge in [-0.2, -0.15) is 0 Å². The van der Waals surface area contributed by atoms with Crippen LogP contribution < -0.4 is 5.73 Å². The van der Waals surface area contributed by atoms with E-state index in [1.54, 1.807) is 0 Å². The van der Waals surface area contributed by atoms with E-state index in [2.05, 4.69) is 48.0 Å². The zero-order valence-electron chi connectivity index (χ0n) is 8.68. The van der Waals surface area contributed by atoms with Crippen molar-refractivity contribution < 1.29 is 0 Å². The zero-order valence-corrected chi connectivity index (χ0v) is 10.3. The second-order valence-corrected chi connectivity index (χ2v) is 5.67. The van der Waals surface area contributed by atoms with E-state index in [0.717, 1.165) is 4.47 Å². The molecule has 1 aromatic carbocycles. The van der Waals surface area contributed by atoms with Crippen LogP contribution in [-0.4, -0.2) is 5.54 Å². The Morgan fingerprint density at radius 3 is 2.79 bits per heavy atom. The lowest BCUT2D eigenvalue weighted by molar-refractivity contribution is 0.409. The van der Waals surface area contributed by atoms with E-state index in [-0.39, 0.29) is 5.54 Å². The average Bonchev–Trinajstić information content (AvgIpc) is 2.45. The minimum absolute atomic E-state index is 0.105. The van der Waals surface area contributed by atoms with Gasteiger partial charge < -0.3 is 5.73 Å². The molecule has 0 amide bonds. The quantitative estimate of drug-likeness (QED) is 0.818. The molecule has 1 unspecified atom stereocenters. The zero-order chi connectivity index (χ0) is 10.3. The highest BCUT2D eigenvalue weighted by molar-refractivity contribution is 9.10. The van der Waals surface area contributed by atoms with Crippen molar-refractivity contribution in [2.24, 2.45) is 5.73 Å². The normalized spacial score (nSPS) is 21.0. The Kier molecular flexibility index (Phi) is 2.44. The molecule has 1 aliphatic carbocycles. The molecule has 0 aliphatic heterocycles. The van der Waals surface area contributed by atoms with Crippen LogP contribution in [0, 0.1) is 0 Å². The number of hydrogen-bond donors (Lipinski definition) is 1. The number of hydrogen-bond acceptors (Lipinski definition) is 1. The molecule has 0 radical (unpaired) electrons. The second kappa shape index (κ2) is 3.35. The fourth-order valence-electron chi connectivity index (χ4n) is 2.35. The Morgan fingerprint density at radius 2 is 2.14 bits per heavy atom. The highest BCUT2D eigenvalue weighted by Gasteiger charge is 2.32. The van der Waals surface area contributed by atoms with Gasteiger partial charge in [-0.3, -0.25) is 0 Å². The predicted molar refractivity (Wildman–Crippen MR) is 63.5 cm³/mol. The van der Waals surface area contributed by atoms with E-state index in [1.165, 1.54) is 24.0 Å². The van der Waals surface area contributed by atoms with Crippen LogP contribution in [0.25, 0.3) is 0 Å². The van der Waals surface area contributed by atoms with Crippen LogP contribution in [0.1, 0.15) is 37.3 Å². The number of rotatable bonds is 1. The van der Waals surface area contributed by atoms with Crippen LogP contribution in [0.3, 0.4) is 0 Å². The average molecular weight is 254 g/mol. The maximum Gasteiger partial charge on any atom is 0.0178 e. The summed E-state index contributed by atoms with van der Waals surface area (Å²) >= 11 is 3.52. The first-order valence-corrected chi connectivity index (χ1v) is 5.85. The van der Waals surface area contributed by atoms with Crippen molar-refractivity contribution in [2.75, 3.05) is 0 Å². The first kappa shape index (κ1) is 10.2. The van der Waals surface area contributed by atoms with Crippen molar-refractivity contribution in [3.63, 3.8) is 0 Å². The lowest BCUT2D eigenvalue weighted by atomic mass is 9.84. The molecular weight excluding hydrogens is 238 g/mol. The fourth-order valence-corrected chi connectivity index (χ4v) is 2.72. The molecule has 14 heavy (non-hydrogen) atoms. The van der Waals surface area contributed by atoms with E-state index in [0.29, 0.717) is 5.92 Å². The summed E-state index contributed by atoms with van der Waals surface area (Å²) in [5.74, 6) is 0.509. The Bertz CT molecular complexity index is 352. The van der Waals surface area contributed by atoms with Crippen molar-refractivity contribution in [2.45, 2.75) is 38.1 Å². The van der Waals surface area contributed by atoms with Crippen LogP contribution >= 0.6 is 15.9 Å². The summed E-state index contributed by atoms with van der Waals surface area (Å²) in [6, 6.07) is 6.55. The Hall–Kier alpha value is -0.340. The minimum atomic E-state index is -0.105. The van der Waals surface area contributed by atoms with Crippen LogP contribution in [0.2, 0.25) is 0 Å². The molecule has 2 rings (SSSR count). The van der Waals surface area contributed by atoms with Gasteiger partial charge in [-0.25, -0.2) is 0 Å². The van der Waals surface area contributed by atoms with E-state index < -0.39 is 0 Å². The standard InChI is InChI=1S/C12H16BrN/c1-12(2,14)11-6-4-8-3-5-9(13)7-10(8)11/h3,5,7,11H,4,6,14H2,1-2H3. The van der Waals surface area contributed by atoms with E-state index in [4.69, 9.17) is 5.73 Å². The highest BCUT2D eigenvalue weighted by atomic mass is 79.9. The molecule has 0 aromatic heterocycles. The molecule has 1 nitrogen and oxygen atoms in total. The van der Waals surface area contributed by atoms with Gasteiger partial charge in [0.2, 0.25) is 0 Å². The molecule has 0 fully saturated rings. The van der Waals surface area contributed by atoms with Gasteiger partial charge in [0.25, 0.3) is 0 Å². The molecule has 1 atom stereocenters. The number of aryl methyl sites for hydroxylation is 1. The summed E-state index contributed by atoms with van der Waals surface area (Å²) in [6.45, 7) is 4.24. The topological polar surface area (TPSA) is 26.0 Å². The summed E-state index contributed by atoms with van der Waals surface area (Å²) < 4.78 is 1.16. The van der Waals surface area contributed by atoms with Gasteiger partial charge in [-0.15, -0.1) is 0 Å². The van der Waals surface area contributed by atoms with Crippen molar-refractivity contribution >= 4 is 15.9 Å². The van der Waals surface area contributed by atoms with Gasteiger partial charge in [0.15, 0.2) is 0 Å². The Labute approximate surface area is 93.8 Å². The van der Waals surface area contributed by atoms with E-state index in [1.807, 2.05) is 0 Å². The van der Waals surface area contributed by atoms with Crippen molar-refractivity contribution in [3.05, 3.63) is 33.8 Å². The number of benzene rings is 1. The molecule has 2 heteroatoms. The minimum Gasteiger partial charge on any atom is -0.325 e. The summed E-state index contributed by atoms with van der Waals surface area (Å²) in [7, 11) is 0. The van der Waals surface area contributed by atoms with E-state index in [9.17, 15) is 0 Å². The summed E-state index contributed by atoms with van der Waals surface area (Å²) in [5, 5.41) is 0. The summed E-state index contributed by atoms with van der Waals surface area (Å²) in [4.78, 5) is 0. The first-order valence-electron chi connectivity index (χ1n) is 5.05. The third-order valence-electron chi connectivity index (χ3n) is 3.08. The fraction of sp³-hybridized carbons (Fsp3) is 0.500. The SMILES string of the molecule is CC(C)(N)C1CCc2ccc(Br)cc21. The molecule has 76 valence electrons. The highest BCUT2D eigenvalue weighted by Crippen LogP contribution is 2.40. The molecule has 0 saturated carbocycles. The maximum absolute atomic E-state index is 6.19. The van der Waals surface area contributed by atoms with Crippen LogP contribution in [0.4, 0.5) is 0 Å². The smallest absolute Gasteiger partial charge is 0.0178 e. The van der Waals surface area contributed by atoms with Gasteiger partial charge >= 0.3 is 0 Å². The molecular formula is C12H16BrN. The summed E-state index contributed by atoms with van der Waals surface area (Å²) in [6.07, 6.45) is 2.36. The lowest BCUT2D eigenvalue weighted by Gasteiger charge is -2.27. The van der Waals surface area contributed by atoms with Gasteiger partial charge in [0.1, 0.15) is 0 Å². The van der Waals surface area contributed by atoms with E-state index >= 15 is 0 Å². The third kappa shape index (κ3) is 1.73. The van der Waals surface area contributed by atoms with Gasteiger partial charge in [-0.05, 0) is 49.9 Å². The molecule has 1 aliphatic rings. The molecule has 0 saturated heterocycles. The van der Waals surface area contributed by atoms with Crippen molar-refractivity contribution in [1.82, 2.24) is 0 Å². The van der Waals surface area contributed by atoms with Gasteiger partial charge in [0, 0.05) is 15.9 Å². The van der Waals surface area contributed by atoms with Crippen LogP contribution in [0.5, 0.6) is 0 Å². The molecule has 0 bridgehead atoms. The summed E-state index contributed by atoms with van der Waals surface area (Å²) in [5.41, 5.74) is 8.99. The Morgan fingerprint density at radius 1 is 1.43 bits per heavy atom. The molecule has 0 spiro atoms. The van der Waals surface area contributed by atoms with Crippen molar-refractivity contribution in [1.29, 1.82) is 0 Å². The molecule has 0 heterocycles. The Balaban J connectivity index is 2.43. The van der Waals surface area contributed by atoms with Gasteiger partial charge in [0.05, 0.1) is 0 Å². The second-order valence-electron chi connectivity index (χ2n) is 4.76. The number of nitrogens with two attached hydrogens (primary N) is 1. The third-order valence-corrected chi connectivity index (χ3v) is 3.58. The first-order chi connectivity index (χ1) is 6.48. The van der Waals surface area contributed by atoms with Crippen LogP contribution in [-0.2, 0) is 6.42 Å². The van der Waals surface area contributed by atoms with Crippen molar-refractivity contribution in [3.8, 4) is 0 Å². The largest absolute Gasteiger partial charge is 0.325 e. The molecule has 1 aromatic rings. The van der Waals surface area contributed by atoms with Gasteiger partial charge in [-0.1, -0.05) is 22.0 Å². The lowest BCUT2D eigenvalue weighted by Crippen LogP contribution is -2.38. The van der Waals surface area contributed by atoms with Crippen LogP contribution in [0.15, 0.2) is 22.7 Å². The number of halogens is 1. The maximum atomic E-state index is 6.19. The molecule has 2 N–H and O–H groups in total. The monoisotopic (exact) mass is 253 g/mol.